The van der Waals surface area contributed by atoms with Gasteiger partial charge in [-0.15, -0.1) is 28.2 Å². The lowest BCUT2D eigenvalue weighted by Gasteiger charge is -2.04. The van der Waals surface area contributed by atoms with Crippen molar-refractivity contribution in [2.45, 2.75) is 51.7 Å². The number of aromatic nitrogens is 6. The molecule has 1 N–H and O–H groups in total. The predicted octanol–water partition coefficient (Wildman–Crippen LogP) is 2.82. The summed E-state index contributed by atoms with van der Waals surface area (Å²) in [6.45, 7) is 6.97. The lowest BCUT2D eigenvalue weighted by molar-refractivity contribution is 0.540. The van der Waals surface area contributed by atoms with E-state index in [1.165, 1.54) is 0 Å². The maximum absolute atomic E-state index is 12.3. The van der Waals surface area contributed by atoms with Crippen LogP contribution in [0.2, 0.25) is 0 Å². The molecule has 0 amide bonds. The van der Waals surface area contributed by atoms with Crippen LogP contribution in [0.25, 0.3) is 10.2 Å². The van der Waals surface area contributed by atoms with E-state index in [2.05, 4.69) is 32.4 Å². The number of aryl methyl sites for hydroxylation is 3. The van der Waals surface area contributed by atoms with E-state index in [1.807, 2.05) is 18.5 Å². The number of H-pyrrole nitrogens is 1. The van der Waals surface area contributed by atoms with Crippen molar-refractivity contribution in [3.63, 3.8) is 0 Å². The minimum atomic E-state index is -0.0507. The summed E-state index contributed by atoms with van der Waals surface area (Å²) in [5.41, 5.74) is 0.975. The average molecular weight is 365 g/mol. The van der Waals surface area contributed by atoms with E-state index in [0.717, 1.165) is 45.9 Å². The van der Waals surface area contributed by atoms with E-state index in [-0.39, 0.29) is 5.56 Å². The molecule has 0 aliphatic heterocycles. The first-order valence-corrected chi connectivity index (χ1v) is 9.89. The first-order chi connectivity index (χ1) is 11.6. The monoisotopic (exact) mass is 364 g/mol. The summed E-state index contributed by atoms with van der Waals surface area (Å²) in [4.78, 5) is 21.7. The van der Waals surface area contributed by atoms with Gasteiger partial charge in [0.25, 0.3) is 5.56 Å². The molecule has 9 heteroatoms. The summed E-state index contributed by atoms with van der Waals surface area (Å²) in [6, 6.07) is 0. The van der Waals surface area contributed by atoms with Crippen LogP contribution in [0.15, 0.2) is 4.79 Å². The van der Waals surface area contributed by atoms with Crippen molar-refractivity contribution >= 4 is 33.3 Å². The number of nitrogens with zero attached hydrogens (tertiary/aromatic N) is 5. The van der Waals surface area contributed by atoms with Gasteiger partial charge in [0, 0.05) is 11.4 Å². The number of rotatable bonds is 7. The topological polar surface area (TPSA) is 89.3 Å². The number of aromatic amines is 1. The van der Waals surface area contributed by atoms with Gasteiger partial charge in [-0.1, -0.05) is 13.3 Å². The minimum absolute atomic E-state index is 0.0507. The molecule has 0 saturated heterocycles. The van der Waals surface area contributed by atoms with E-state index in [0.29, 0.717) is 17.3 Å². The number of unbranched alkanes of at least 4 members (excludes halogenated alkanes) is 1. The van der Waals surface area contributed by atoms with Gasteiger partial charge in [-0.3, -0.25) is 4.79 Å². The maximum Gasteiger partial charge on any atom is 0.259 e. The van der Waals surface area contributed by atoms with Crippen molar-refractivity contribution in [2.24, 2.45) is 0 Å². The van der Waals surface area contributed by atoms with Crippen molar-refractivity contribution in [2.75, 3.05) is 0 Å². The standard InChI is InChI=1S/C15H20N6OS2/c1-4-5-6-21-12(18-19-20-21)8-23-7-11-16-14(22)13-9(2)10(3)24-15(13)17-11/h4-8H2,1-3H3,(H,16,17,22). The molecule has 3 aromatic heterocycles. The Balaban J connectivity index is 1.68. The Kier molecular flexibility index (Phi) is 5.30. The zero-order valence-corrected chi connectivity index (χ0v) is 15.6. The molecular weight excluding hydrogens is 344 g/mol. The number of fused-ring (bicyclic) bond motifs is 1. The Labute approximate surface area is 147 Å². The Bertz CT molecular complexity index is 897. The molecule has 0 aliphatic rings. The van der Waals surface area contributed by atoms with Gasteiger partial charge in [0.2, 0.25) is 0 Å². The van der Waals surface area contributed by atoms with Crippen LogP contribution in [0.1, 0.15) is 41.9 Å². The van der Waals surface area contributed by atoms with Crippen LogP contribution in [0.5, 0.6) is 0 Å². The second-order valence-corrected chi connectivity index (χ2v) is 7.83. The molecule has 24 heavy (non-hydrogen) atoms. The Morgan fingerprint density at radius 3 is 2.92 bits per heavy atom. The van der Waals surface area contributed by atoms with Crippen molar-refractivity contribution in [3.8, 4) is 0 Å². The van der Waals surface area contributed by atoms with E-state index in [1.54, 1.807) is 23.1 Å². The molecule has 0 fully saturated rings. The molecule has 3 heterocycles. The van der Waals surface area contributed by atoms with Crippen LogP contribution in [0, 0.1) is 13.8 Å². The van der Waals surface area contributed by atoms with E-state index in [9.17, 15) is 4.79 Å². The molecule has 3 aromatic rings. The van der Waals surface area contributed by atoms with Crippen molar-refractivity contribution in [1.29, 1.82) is 0 Å². The highest BCUT2D eigenvalue weighted by atomic mass is 32.2. The fourth-order valence-electron chi connectivity index (χ4n) is 2.41. The van der Waals surface area contributed by atoms with Crippen LogP contribution in [0.3, 0.4) is 0 Å². The van der Waals surface area contributed by atoms with E-state index < -0.39 is 0 Å². The lowest BCUT2D eigenvalue weighted by Crippen LogP contribution is -2.11. The molecule has 7 nitrogen and oxygen atoms in total. The van der Waals surface area contributed by atoms with Crippen molar-refractivity contribution in [1.82, 2.24) is 30.2 Å². The van der Waals surface area contributed by atoms with Crippen LogP contribution < -0.4 is 5.56 Å². The van der Waals surface area contributed by atoms with Gasteiger partial charge in [-0.2, -0.15) is 0 Å². The van der Waals surface area contributed by atoms with Crippen LogP contribution in [-0.2, 0) is 18.1 Å². The third-order valence-electron chi connectivity index (χ3n) is 3.89. The van der Waals surface area contributed by atoms with Gasteiger partial charge in [-0.05, 0) is 36.3 Å². The SMILES string of the molecule is CCCCn1nnnc1CSCc1nc2sc(C)c(C)c2c(=O)[nH]1. The third-order valence-corrected chi connectivity index (χ3v) is 5.93. The van der Waals surface area contributed by atoms with Crippen molar-refractivity contribution < 1.29 is 0 Å². The highest BCUT2D eigenvalue weighted by Gasteiger charge is 2.12. The number of thiophene rings is 1. The Morgan fingerprint density at radius 2 is 2.12 bits per heavy atom. The van der Waals surface area contributed by atoms with Crippen LogP contribution in [-0.4, -0.2) is 30.2 Å². The van der Waals surface area contributed by atoms with Gasteiger partial charge in [-0.25, -0.2) is 9.67 Å². The Hall–Kier alpha value is -1.74. The lowest BCUT2D eigenvalue weighted by atomic mass is 10.2. The first kappa shape index (κ1) is 17.1. The molecule has 0 spiro atoms. The molecule has 0 aliphatic carbocycles. The number of thioether (sulfide) groups is 1. The number of tetrazole rings is 1. The normalized spacial score (nSPS) is 11.5. The molecule has 0 saturated carbocycles. The Morgan fingerprint density at radius 1 is 1.29 bits per heavy atom. The smallest absolute Gasteiger partial charge is 0.259 e. The second kappa shape index (κ2) is 7.43. The molecule has 0 bridgehead atoms. The number of hydrogen-bond acceptors (Lipinski definition) is 7. The molecule has 3 rings (SSSR count). The van der Waals surface area contributed by atoms with Gasteiger partial charge in [0.15, 0.2) is 5.82 Å². The molecule has 0 aromatic carbocycles. The van der Waals surface area contributed by atoms with Crippen LogP contribution in [0.4, 0.5) is 0 Å². The van der Waals surface area contributed by atoms with Crippen LogP contribution >= 0.6 is 23.1 Å². The fraction of sp³-hybridized carbons (Fsp3) is 0.533. The summed E-state index contributed by atoms with van der Waals surface area (Å²) >= 11 is 3.22. The average Bonchev–Trinajstić information content (AvgIpc) is 3.10. The number of nitrogens with one attached hydrogen (secondary N) is 1. The molecule has 0 unspecified atom stereocenters. The molecular formula is C15H20N6OS2. The van der Waals surface area contributed by atoms with E-state index >= 15 is 0 Å². The molecule has 0 atom stereocenters. The zero-order valence-electron chi connectivity index (χ0n) is 14.0. The van der Waals surface area contributed by atoms with E-state index in [4.69, 9.17) is 0 Å². The minimum Gasteiger partial charge on any atom is -0.309 e. The largest absolute Gasteiger partial charge is 0.309 e. The summed E-state index contributed by atoms with van der Waals surface area (Å²) in [5.74, 6) is 2.88. The van der Waals surface area contributed by atoms with Crippen molar-refractivity contribution in [3.05, 3.63) is 32.4 Å². The quantitative estimate of drug-likeness (QED) is 0.693. The highest BCUT2D eigenvalue weighted by molar-refractivity contribution is 7.97. The third kappa shape index (κ3) is 3.51. The molecule has 128 valence electrons. The first-order valence-electron chi connectivity index (χ1n) is 7.91. The fourth-order valence-corrected chi connectivity index (χ4v) is 4.29. The summed E-state index contributed by atoms with van der Waals surface area (Å²) < 4.78 is 1.85. The zero-order chi connectivity index (χ0) is 17.1. The summed E-state index contributed by atoms with van der Waals surface area (Å²) in [7, 11) is 0. The van der Waals surface area contributed by atoms with Gasteiger partial charge >= 0.3 is 0 Å². The summed E-state index contributed by atoms with van der Waals surface area (Å²) in [5, 5.41) is 12.6. The van der Waals surface area contributed by atoms with Gasteiger partial charge < -0.3 is 4.98 Å². The van der Waals surface area contributed by atoms with Gasteiger partial charge in [0.05, 0.1) is 16.9 Å². The maximum atomic E-state index is 12.3. The van der Waals surface area contributed by atoms with Gasteiger partial charge in [0.1, 0.15) is 10.7 Å². The second-order valence-electron chi connectivity index (χ2n) is 5.64. The summed E-state index contributed by atoms with van der Waals surface area (Å²) in [6.07, 6.45) is 2.17. The highest BCUT2D eigenvalue weighted by Crippen LogP contribution is 2.26. The number of hydrogen-bond donors (Lipinski definition) is 1. The molecule has 0 radical (unpaired) electrons. The predicted molar refractivity (Wildman–Crippen MR) is 97.4 cm³/mol.